The Morgan fingerprint density at radius 3 is 0.897 bits per heavy atom. The van der Waals surface area contributed by atoms with Crippen LogP contribution >= 0.6 is 0 Å². The molecule has 1 N–H and O–H groups in total. The number of rotatable bonds is 75. The first-order valence-corrected chi connectivity index (χ1v) is 40.7. The number of quaternary nitrogens is 1. The van der Waals surface area contributed by atoms with Gasteiger partial charge in [-0.25, -0.2) is 4.79 Å². The van der Waals surface area contributed by atoms with Crippen LogP contribution in [0.5, 0.6) is 0 Å². The Labute approximate surface area is 599 Å². The van der Waals surface area contributed by atoms with E-state index in [9.17, 15) is 19.5 Å². The van der Waals surface area contributed by atoms with Crippen molar-refractivity contribution in [3.63, 3.8) is 0 Å². The van der Waals surface area contributed by atoms with E-state index in [0.717, 1.165) is 96.3 Å². The molecule has 2 atom stereocenters. The van der Waals surface area contributed by atoms with Gasteiger partial charge in [-0.3, -0.25) is 9.59 Å². The highest BCUT2D eigenvalue weighted by atomic mass is 16.7. The number of carboxylic acid groups (broad SMARTS) is 1. The van der Waals surface area contributed by atoms with E-state index in [1.807, 2.05) is 21.1 Å². The zero-order valence-electron chi connectivity index (χ0n) is 64.0. The molecule has 0 aromatic rings. The Morgan fingerprint density at radius 1 is 0.320 bits per heavy atom. The first-order valence-electron chi connectivity index (χ1n) is 40.7. The van der Waals surface area contributed by atoms with Crippen LogP contribution in [-0.2, 0) is 33.3 Å². The number of carbonyl (C=O) groups is 3. The van der Waals surface area contributed by atoms with Crippen LogP contribution in [0.3, 0.4) is 0 Å². The highest BCUT2D eigenvalue weighted by Crippen LogP contribution is 2.19. The fourth-order valence-electron chi connectivity index (χ4n) is 11.5. The van der Waals surface area contributed by atoms with Gasteiger partial charge in [0.05, 0.1) is 34.4 Å². The summed E-state index contributed by atoms with van der Waals surface area (Å²) in [6.45, 7) is 4.75. The standard InChI is InChI=1S/C88H153NO8/c1-6-8-10-12-14-16-18-20-22-24-26-28-30-32-34-36-38-39-40-41-42-43-44-45-46-47-49-50-52-54-56-58-60-62-64-66-68-70-72-74-76-78-85(90)95-82-84(83-96-88(87(92)93)94-81-80-89(3,4)5)97-86(91)79-77-75-73-71-69-67-65-63-61-59-57-55-53-51-48-37-35-33-31-29-27-25-23-21-19-17-15-13-11-9-7-2/h9,11,15,17,21,23-24,26-27,29,33,35,48,51,55,57,61,63,67,69,84,88H,6-8,10,12-14,16,18-20,22,25,28,30-32,34,36-47,49-50,52-54,56,58-60,62,64-66,68,70-83H2,1-5H3/p+1/b11-9-,17-15-,23-21-,26-24-,29-27-,35-33-,51-48-,57-55-,63-61-,69-67-. The predicted octanol–water partition coefficient (Wildman–Crippen LogP) is 26.3. The molecule has 0 amide bonds. The maximum absolute atomic E-state index is 13.0. The number of allylic oxidation sites excluding steroid dienone is 20. The molecule has 0 spiro atoms. The van der Waals surface area contributed by atoms with E-state index < -0.39 is 24.3 Å². The summed E-state index contributed by atoms with van der Waals surface area (Å²) in [5, 5.41) is 9.77. The third-order valence-electron chi connectivity index (χ3n) is 17.7. The first kappa shape index (κ1) is 92.7. The molecule has 2 unspecified atom stereocenters. The lowest BCUT2D eigenvalue weighted by Gasteiger charge is -2.25. The van der Waals surface area contributed by atoms with Crippen molar-refractivity contribution in [3.8, 4) is 0 Å². The number of carbonyl (C=O) groups excluding carboxylic acids is 2. The van der Waals surface area contributed by atoms with E-state index in [1.54, 1.807) is 0 Å². The van der Waals surface area contributed by atoms with Gasteiger partial charge < -0.3 is 28.5 Å². The molecule has 0 aliphatic carbocycles. The maximum Gasteiger partial charge on any atom is 0.361 e. The van der Waals surface area contributed by atoms with Crippen molar-refractivity contribution in [2.24, 2.45) is 0 Å². The molecule has 0 rings (SSSR count). The van der Waals surface area contributed by atoms with E-state index in [4.69, 9.17) is 18.9 Å². The van der Waals surface area contributed by atoms with Crippen molar-refractivity contribution < 1.29 is 42.9 Å². The second kappa shape index (κ2) is 77.4. The largest absolute Gasteiger partial charge is 0.477 e. The molecule has 0 aliphatic rings. The van der Waals surface area contributed by atoms with E-state index in [0.29, 0.717) is 23.9 Å². The number of esters is 2. The molecule has 0 saturated carbocycles. The van der Waals surface area contributed by atoms with Crippen molar-refractivity contribution in [1.29, 1.82) is 0 Å². The maximum atomic E-state index is 13.0. The minimum atomic E-state index is -1.53. The number of unbranched alkanes of at least 4 members (excludes halogenated alkanes) is 40. The summed E-state index contributed by atoms with van der Waals surface area (Å²) in [5.41, 5.74) is 0. The van der Waals surface area contributed by atoms with Crippen LogP contribution in [0.4, 0.5) is 0 Å². The number of ether oxygens (including phenoxy) is 4. The van der Waals surface area contributed by atoms with Crippen LogP contribution in [0.2, 0.25) is 0 Å². The molecule has 0 fully saturated rings. The Kier molecular flexibility index (Phi) is 74.0. The molecule has 0 heterocycles. The third kappa shape index (κ3) is 78.9. The highest BCUT2D eigenvalue weighted by Gasteiger charge is 2.25. The molecule has 558 valence electrons. The van der Waals surface area contributed by atoms with E-state index in [-0.39, 0.29) is 32.2 Å². The molecule has 0 aromatic heterocycles. The minimum absolute atomic E-state index is 0.176. The Balaban J connectivity index is 4.04. The summed E-state index contributed by atoms with van der Waals surface area (Å²) >= 11 is 0. The van der Waals surface area contributed by atoms with Gasteiger partial charge in [0, 0.05) is 12.8 Å². The summed E-state index contributed by atoms with van der Waals surface area (Å²) in [7, 11) is 5.97. The van der Waals surface area contributed by atoms with E-state index in [2.05, 4.69) is 135 Å². The third-order valence-corrected chi connectivity index (χ3v) is 17.7. The molecule has 0 bridgehead atoms. The summed E-state index contributed by atoms with van der Waals surface area (Å²) in [5.74, 6) is -2.05. The van der Waals surface area contributed by atoms with Crippen LogP contribution in [0.1, 0.15) is 361 Å². The van der Waals surface area contributed by atoms with Crippen LogP contribution in [0, 0.1) is 0 Å². The highest BCUT2D eigenvalue weighted by molar-refractivity contribution is 5.71. The number of carboxylic acids is 1. The van der Waals surface area contributed by atoms with Crippen molar-refractivity contribution in [3.05, 3.63) is 122 Å². The normalized spacial score (nSPS) is 13.3. The molecule has 0 radical (unpaired) electrons. The lowest BCUT2D eigenvalue weighted by Crippen LogP contribution is -2.40. The Morgan fingerprint density at radius 2 is 0.588 bits per heavy atom. The van der Waals surface area contributed by atoms with Gasteiger partial charge in [-0.2, -0.15) is 0 Å². The van der Waals surface area contributed by atoms with Gasteiger partial charge in [0.25, 0.3) is 6.29 Å². The summed E-state index contributed by atoms with van der Waals surface area (Å²) in [4.78, 5) is 37.7. The Bertz CT molecular complexity index is 2020. The van der Waals surface area contributed by atoms with Crippen molar-refractivity contribution >= 4 is 17.9 Å². The summed E-state index contributed by atoms with van der Waals surface area (Å²) < 4.78 is 23.0. The van der Waals surface area contributed by atoms with E-state index in [1.165, 1.54) is 231 Å². The van der Waals surface area contributed by atoms with Gasteiger partial charge in [0.15, 0.2) is 6.10 Å². The molecular formula is C88H154NO8+. The van der Waals surface area contributed by atoms with Crippen LogP contribution in [0.15, 0.2) is 122 Å². The molecule has 9 nitrogen and oxygen atoms in total. The summed E-state index contributed by atoms with van der Waals surface area (Å²) in [6, 6.07) is 0. The number of hydrogen-bond donors (Lipinski definition) is 1. The molecular weight excluding hydrogens is 1200 g/mol. The van der Waals surface area contributed by atoms with Crippen LogP contribution in [0.25, 0.3) is 0 Å². The predicted molar refractivity (Wildman–Crippen MR) is 419 cm³/mol. The molecule has 0 aromatic carbocycles. The SMILES string of the molecule is CC/C=C\C/C=C\C/C=C\C/C=C\C/C=C\C/C=C\C/C=C\C/C=C\C/C=C\CCCCCC(=O)OC(COC(=O)CCCCCCCCCCCCCCCCCCCCCCCCCCCCCCC/C=C\CCCCCCCCCC)COC(OCC[N+](C)(C)C)C(=O)O. The quantitative estimate of drug-likeness (QED) is 0.0211. The van der Waals surface area contributed by atoms with Crippen LogP contribution < -0.4 is 0 Å². The first-order chi connectivity index (χ1) is 47.6. The van der Waals surface area contributed by atoms with Gasteiger partial charge >= 0.3 is 17.9 Å². The minimum Gasteiger partial charge on any atom is -0.477 e. The average Bonchev–Trinajstić information content (AvgIpc) is 2.39. The monoisotopic (exact) mass is 1350 g/mol. The van der Waals surface area contributed by atoms with Gasteiger partial charge in [-0.15, -0.1) is 0 Å². The molecule has 9 heteroatoms. The van der Waals surface area contributed by atoms with E-state index >= 15 is 0 Å². The van der Waals surface area contributed by atoms with Crippen LogP contribution in [-0.4, -0.2) is 87.4 Å². The number of hydrogen-bond acceptors (Lipinski definition) is 7. The zero-order chi connectivity index (χ0) is 70.4. The lowest BCUT2D eigenvalue weighted by atomic mass is 10.0. The second-order valence-corrected chi connectivity index (χ2v) is 28.3. The molecule has 0 aliphatic heterocycles. The number of nitrogens with zero attached hydrogens (tertiary/aromatic N) is 1. The zero-order valence-corrected chi connectivity index (χ0v) is 64.0. The molecule has 0 saturated heterocycles. The Hall–Kier alpha value is -4.31. The summed E-state index contributed by atoms with van der Waals surface area (Å²) in [6.07, 6.45) is 108. The topological polar surface area (TPSA) is 108 Å². The number of aliphatic carboxylic acids is 1. The lowest BCUT2D eigenvalue weighted by molar-refractivity contribution is -0.870. The second-order valence-electron chi connectivity index (χ2n) is 28.3. The van der Waals surface area contributed by atoms with Gasteiger partial charge in [-0.1, -0.05) is 360 Å². The molecule has 97 heavy (non-hydrogen) atoms. The van der Waals surface area contributed by atoms with Gasteiger partial charge in [-0.05, 0) is 109 Å². The van der Waals surface area contributed by atoms with Crippen molar-refractivity contribution in [1.82, 2.24) is 0 Å². The average molecular weight is 1350 g/mol. The van der Waals surface area contributed by atoms with Gasteiger partial charge in [0.1, 0.15) is 13.2 Å². The fraction of sp³-hybridized carbons (Fsp3) is 0.739. The fourth-order valence-corrected chi connectivity index (χ4v) is 11.5. The van der Waals surface area contributed by atoms with Crippen molar-refractivity contribution in [2.45, 2.75) is 373 Å². The smallest absolute Gasteiger partial charge is 0.361 e. The van der Waals surface area contributed by atoms with Gasteiger partial charge in [0.2, 0.25) is 0 Å². The number of likely N-dealkylation sites (N-methyl/N-ethyl adjacent to an activating group) is 1. The van der Waals surface area contributed by atoms with Crippen molar-refractivity contribution in [2.75, 3.05) is 47.5 Å².